The van der Waals surface area contributed by atoms with Gasteiger partial charge in [0.25, 0.3) is 0 Å². The molecule has 5 nitrogen and oxygen atoms in total. The van der Waals surface area contributed by atoms with Crippen molar-refractivity contribution in [1.82, 2.24) is 9.78 Å². The summed E-state index contributed by atoms with van der Waals surface area (Å²) in [7, 11) is 3.22. The van der Waals surface area contributed by atoms with Gasteiger partial charge in [-0.1, -0.05) is 5.57 Å². The number of rotatable bonds is 5. The smallest absolute Gasteiger partial charge is 0.345 e. The summed E-state index contributed by atoms with van der Waals surface area (Å²) in [4.78, 5) is 11.9. The topological polar surface area (TPSA) is 53.3 Å². The molecule has 0 unspecified atom stereocenters. The van der Waals surface area contributed by atoms with Gasteiger partial charge in [-0.05, 0) is 13.8 Å². The van der Waals surface area contributed by atoms with Crippen LogP contribution in [-0.2, 0) is 11.8 Å². The molecule has 0 aliphatic heterocycles. The van der Waals surface area contributed by atoms with Crippen LogP contribution in [0, 0.1) is 6.92 Å². The Morgan fingerprint density at radius 3 is 2.71 bits per heavy atom. The first-order chi connectivity index (χ1) is 7.97. The van der Waals surface area contributed by atoms with Crippen molar-refractivity contribution in [2.45, 2.75) is 20.3 Å². The van der Waals surface area contributed by atoms with Gasteiger partial charge in [0.05, 0.1) is 19.4 Å². The van der Waals surface area contributed by atoms with Gasteiger partial charge in [0.1, 0.15) is 5.56 Å². The van der Waals surface area contributed by atoms with Crippen LogP contribution in [0.1, 0.15) is 29.4 Å². The lowest BCUT2D eigenvalue weighted by molar-refractivity contribution is 0.0504. The van der Waals surface area contributed by atoms with E-state index in [-0.39, 0.29) is 0 Å². The molecule has 0 bridgehead atoms. The van der Waals surface area contributed by atoms with Crippen molar-refractivity contribution in [3.63, 3.8) is 0 Å². The summed E-state index contributed by atoms with van der Waals surface area (Å²) in [6, 6.07) is 0. The van der Waals surface area contributed by atoms with Crippen molar-refractivity contribution in [2.75, 3.05) is 13.7 Å². The highest BCUT2D eigenvalue weighted by molar-refractivity contribution is 5.93. The molecule has 0 aliphatic carbocycles. The quantitative estimate of drug-likeness (QED) is 0.580. The van der Waals surface area contributed by atoms with Crippen molar-refractivity contribution < 1.29 is 14.3 Å². The molecule has 0 aromatic carbocycles. The molecule has 1 aromatic heterocycles. The van der Waals surface area contributed by atoms with Crippen LogP contribution < -0.4 is 4.74 Å². The molecule has 0 spiro atoms. The van der Waals surface area contributed by atoms with Gasteiger partial charge in [-0.3, -0.25) is 0 Å². The minimum Gasteiger partial charge on any atom is -0.481 e. The van der Waals surface area contributed by atoms with E-state index in [1.54, 1.807) is 14.0 Å². The highest BCUT2D eigenvalue weighted by Gasteiger charge is 2.22. The van der Waals surface area contributed by atoms with E-state index in [0.29, 0.717) is 30.2 Å². The number of carbonyl (C=O) groups excluding carboxylic acids is 1. The summed E-state index contributed by atoms with van der Waals surface area (Å²) in [5.41, 5.74) is 1.97. The van der Waals surface area contributed by atoms with Gasteiger partial charge in [0.15, 0.2) is 0 Å². The van der Waals surface area contributed by atoms with Crippen LogP contribution >= 0.6 is 0 Å². The predicted octanol–water partition coefficient (Wildman–Crippen LogP) is 1.86. The van der Waals surface area contributed by atoms with Crippen molar-refractivity contribution in [1.29, 1.82) is 0 Å². The van der Waals surface area contributed by atoms with Gasteiger partial charge in [-0.2, -0.15) is 5.10 Å². The molecule has 1 heterocycles. The first-order valence-electron chi connectivity index (χ1n) is 5.36. The molecule has 5 heteroatoms. The normalized spacial score (nSPS) is 10.1. The van der Waals surface area contributed by atoms with Gasteiger partial charge < -0.3 is 9.47 Å². The molecule has 0 atom stereocenters. The number of ether oxygens (including phenoxy) is 2. The molecule has 0 fully saturated rings. The number of hydrogen-bond acceptors (Lipinski definition) is 4. The molecular weight excluding hydrogens is 220 g/mol. The highest BCUT2D eigenvalue weighted by Crippen LogP contribution is 2.21. The van der Waals surface area contributed by atoms with E-state index in [4.69, 9.17) is 9.47 Å². The number of aryl methyl sites for hydroxylation is 2. The van der Waals surface area contributed by atoms with Gasteiger partial charge in [-0.25, -0.2) is 9.48 Å². The lowest BCUT2D eigenvalue weighted by atomic mass is 10.2. The van der Waals surface area contributed by atoms with Crippen LogP contribution in [0.15, 0.2) is 12.2 Å². The Bertz CT molecular complexity index is 435. The van der Waals surface area contributed by atoms with Crippen LogP contribution in [0.3, 0.4) is 0 Å². The Kier molecular flexibility index (Phi) is 4.31. The maximum Gasteiger partial charge on any atom is 0.345 e. The maximum atomic E-state index is 11.9. The fourth-order valence-corrected chi connectivity index (χ4v) is 1.50. The second-order valence-corrected chi connectivity index (χ2v) is 3.94. The standard InChI is InChI=1S/C12H18N2O3/c1-8(2)6-7-17-12(15)10-9(3)13-14(4)11(10)16-5/h1,6-7H2,2-5H3. The lowest BCUT2D eigenvalue weighted by Crippen LogP contribution is -2.09. The zero-order valence-electron chi connectivity index (χ0n) is 10.7. The average Bonchev–Trinajstić information content (AvgIpc) is 2.52. The molecule has 0 amide bonds. The zero-order chi connectivity index (χ0) is 13.0. The van der Waals surface area contributed by atoms with E-state index in [0.717, 1.165) is 5.57 Å². The van der Waals surface area contributed by atoms with Crippen LogP contribution in [0.25, 0.3) is 0 Å². The predicted molar refractivity (Wildman–Crippen MR) is 64.2 cm³/mol. The third-order valence-corrected chi connectivity index (χ3v) is 2.33. The largest absolute Gasteiger partial charge is 0.481 e. The summed E-state index contributed by atoms with van der Waals surface area (Å²) in [5.74, 6) is 0.0107. The third-order valence-electron chi connectivity index (χ3n) is 2.33. The number of nitrogens with zero attached hydrogens (tertiary/aromatic N) is 2. The number of aromatic nitrogens is 2. The molecule has 0 saturated carbocycles. The summed E-state index contributed by atoms with van der Waals surface area (Å²) in [5, 5.41) is 4.12. The van der Waals surface area contributed by atoms with E-state index in [1.807, 2.05) is 6.92 Å². The number of methoxy groups -OCH3 is 1. The SMILES string of the molecule is C=C(C)CCOC(=O)c1c(C)nn(C)c1OC. The van der Waals surface area contributed by atoms with E-state index < -0.39 is 5.97 Å². The summed E-state index contributed by atoms with van der Waals surface area (Å²) in [6.45, 7) is 7.71. The summed E-state index contributed by atoms with van der Waals surface area (Å²) < 4.78 is 11.8. The second-order valence-electron chi connectivity index (χ2n) is 3.94. The van der Waals surface area contributed by atoms with Crippen molar-refractivity contribution in [3.05, 3.63) is 23.4 Å². The molecular formula is C12H18N2O3. The average molecular weight is 238 g/mol. The minimum atomic E-state index is -0.409. The Morgan fingerprint density at radius 1 is 1.53 bits per heavy atom. The molecule has 17 heavy (non-hydrogen) atoms. The number of esters is 1. The molecule has 0 saturated heterocycles. The third kappa shape index (κ3) is 3.09. The minimum absolute atomic E-state index is 0.325. The van der Waals surface area contributed by atoms with Crippen molar-refractivity contribution >= 4 is 5.97 Å². The maximum absolute atomic E-state index is 11.9. The van der Waals surface area contributed by atoms with E-state index in [1.165, 1.54) is 11.8 Å². The molecule has 0 N–H and O–H groups in total. The van der Waals surface area contributed by atoms with Gasteiger partial charge >= 0.3 is 5.97 Å². The molecule has 0 radical (unpaired) electrons. The van der Waals surface area contributed by atoms with Gasteiger partial charge in [-0.15, -0.1) is 6.58 Å². The molecule has 0 aliphatic rings. The fraction of sp³-hybridized carbons (Fsp3) is 0.500. The molecule has 1 rings (SSSR count). The van der Waals surface area contributed by atoms with Crippen LogP contribution in [-0.4, -0.2) is 29.5 Å². The molecule has 1 aromatic rings. The number of hydrogen-bond donors (Lipinski definition) is 0. The molecule has 94 valence electrons. The van der Waals surface area contributed by atoms with E-state index in [2.05, 4.69) is 11.7 Å². The van der Waals surface area contributed by atoms with Crippen LogP contribution in [0.2, 0.25) is 0 Å². The van der Waals surface area contributed by atoms with Gasteiger partial charge in [0.2, 0.25) is 5.88 Å². The van der Waals surface area contributed by atoms with E-state index >= 15 is 0 Å². The van der Waals surface area contributed by atoms with Crippen molar-refractivity contribution in [2.24, 2.45) is 7.05 Å². The lowest BCUT2D eigenvalue weighted by Gasteiger charge is -2.06. The van der Waals surface area contributed by atoms with Crippen LogP contribution in [0.5, 0.6) is 5.88 Å². The first-order valence-corrected chi connectivity index (χ1v) is 5.36. The first kappa shape index (κ1) is 13.3. The Morgan fingerprint density at radius 2 is 2.18 bits per heavy atom. The van der Waals surface area contributed by atoms with Crippen LogP contribution in [0.4, 0.5) is 0 Å². The summed E-state index contributed by atoms with van der Waals surface area (Å²) >= 11 is 0. The second kappa shape index (κ2) is 5.52. The zero-order valence-corrected chi connectivity index (χ0v) is 10.7. The highest BCUT2D eigenvalue weighted by atomic mass is 16.5. The number of carbonyl (C=O) groups is 1. The Labute approximate surface area is 101 Å². The van der Waals surface area contributed by atoms with Crippen molar-refractivity contribution in [3.8, 4) is 5.88 Å². The monoisotopic (exact) mass is 238 g/mol. The van der Waals surface area contributed by atoms with E-state index in [9.17, 15) is 4.79 Å². The Hall–Kier alpha value is -1.78. The fourth-order valence-electron chi connectivity index (χ4n) is 1.50. The van der Waals surface area contributed by atoms with Gasteiger partial charge in [0, 0.05) is 13.5 Å². The summed E-state index contributed by atoms with van der Waals surface area (Å²) in [6.07, 6.45) is 0.660. The Balaban J connectivity index is 2.78.